The molecular formula is C16H17N3O3S. The van der Waals surface area contributed by atoms with Crippen LogP contribution in [0.25, 0.3) is 11.5 Å². The number of rotatable bonds is 6. The molecule has 6 nitrogen and oxygen atoms in total. The molecular weight excluding hydrogens is 314 g/mol. The smallest absolute Gasteiger partial charge is 0.325 e. The Hall–Kier alpha value is -2.28. The maximum absolute atomic E-state index is 12.3. The largest absolute Gasteiger partial charge is 0.444 e. The number of aromatic nitrogens is 1. The molecule has 1 saturated heterocycles. The van der Waals surface area contributed by atoms with Crippen LogP contribution in [0, 0.1) is 0 Å². The average molecular weight is 331 g/mol. The van der Waals surface area contributed by atoms with Crippen LogP contribution in [0.4, 0.5) is 4.79 Å². The fraction of sp³-hybridized carbons (Fsp3) is 0.312. The van der Waals surface area contributed by atoms with E-state index in [9.17, 15) is 9.59 Å². The topological polar surface area (TPSA) is 75.4 Å². The molecule has 1 atom stereocenters. The quantitative estimate of drug-likeness (QED) is 0.823. The number of nitrogens with one attached hydrogen (secondary N) is 1. The number of nitrogens with zero attached hydrogens (tertiary/aromatic N) is 2. The van der Waals surface area contributed by atoms with Crippen molar-refractivity contribution >= 4 is 23.7 Å². The zero-order valence-electron chi connectivity index (χ0n) is 12.7. The maximum Gasteiger partial charge on any atom is 0.325 e. The van der Waals surface area contributed by atoms with Crippen molar-refractivity contribution in [3.8, 4) is 11.5 Å². The minimum absolute atomic E-state index is 0.122. The average Bonchev–Trinajstić information content (AvgIpc) is 3.14. The predicted octanol–water partition coefficient (Wildman–Crippen LogP) is 2.52. The Kier molecular flexibility index (Phi) is 4.66. The molecule has 2 aromatic rings. The molecule has 0 spiro atoms. The van der Waals surface area contributed by atoms with Gasteiger partial charge in [0.25, 0.3) is 5.91 Å². The highest BCUT2D eigenvalue weighted by Crippen LogP contribution is 2.20. The van der Waals surface area contributed by atoms with E-state index >= 15 is 0 Å². The first-order chi connectivity index (χ1) is 11.2. The van der Waals surface area contributed by atoms with Crippen molar-refractivity contribution < 1.29 is 14.0 Å². The second-order valence-corrected chi connectivity index (χ2v) is 6.20. The van der Waals surface area contributed by atoms with Gasteiger partial charge in [-0.15, -0.1) is 0 Å². The lowest BCUT2D eigenvalue weighted by atomic mass is 10.2. The molecule has 0 aliphatic carbocycles. The maximum atomic E-state index is 12.3. The van der Waals surface area contributed by atoms with Crippen molar-refractivity contribution in [3.63, 3.8) is 0 Å². The molecule has 120 valence electrons. The molecule has 1 aromatic heterocycles. The standard InChI is InChI=1S/C16H17N3O3S/c1-23-8-7-13-15(20)19(16(21)18-13)9-12-10-22-14(17-12)11-5-3-2-4-6-11/h2-6,10,13H,7-9H2,1H3,(H,18,21). The van der Waals surface area contributed by atoms with Crippen molar-refractivity contribution in [2.24, 2.45) is 0 Å². The van der Waals surface area contributed by atoms with Crippen molar-refractivity contribution in [3.05, 3.63) is 42.3 Å². The van der Waals surface area contributed by atoms with Crippen molar-refractivity contribution in [2.75, 3.05) is 12.0 Å². The normalized spacial score (nSPS) is 17.6. The minimum Gasteiger partial charge on any atom is -0.444 e. The molecule has 1 aliphatic rings. The fourth-order valence-electron chi connectivity index (χ4n) is 2.41. The zero-order chi connectivity index (χ0) is 16.2. The molecule has 1 unspecified atom stereocenters. The first kappa shape index (κ1) is 15.6. The summed E-state index contributed by atoms with van der Waals surface area (Å²) in [5.41, 5.74) is 1.41. The number of hydrogen-bond acceptors (Lipinski definition) is 5. The van der Waals surface area contributed by atoms with Crippen LogP contribution in [-0.2, 0) is 11.3 Å². The number of hydrogen-bond donors (Lipinski definition) is 1. The monoisotopic (exact) mass is 331 g/mol. The molecule has 1 aromatic carbocycles. The summed E-state index contributed by atoms with van der Waals surface area (Å²) in [5, 5.41) is 2.71. The van der Waals surface area contributed by atoms with Gasteiger partial charge in [-0.05, 0) is 30.6 Å². The van der Waals surface area contributed by atoms with Crippen LogP contribution < -0.4 is 5.32 Å². The third-order valence-electron chi connectivity index (χ3n) is 3.61. The summed E-state index contributed by atoms with van der Waals surface area (Å²) >= 11 is 1.65. The number of thioether (sulfide) groups is 1. The molecule has 7 heteroatoms. The first-order valence-corrected chi connectivity index (χ1v) is 8.69. The Balaban J connectivity index is 1.69. The van der Waals surface area contributed by atoms with Crippen LogP contribution in [0.15, 0.2) is 41.0 Å². The highest BCUT2D eigenvalue weighted by molar-refractivity contribution is 7.98. The van der Waals surface area contributed by atoms with Gasteiger partial charge in [0.05, 0.1) is 12.2 Å². The summed E-state index contributed by atoms with van der Waals surface area (Å²) in [5.74, 6) is 1.10. The summed E-state index contributed by atoms with van der Waals surface area (Å²) in [7, 11) is 0. The molecule has 23 heavy (non-hydrogen) atoms. The molecule has 1 fully saturated rings. The lowest BCUT2D eigenvalue weighted by Gasteiger charge is -2.10. The van der Waals surface area contributed by atoms with Gasteiger partial charge < -0.3 is 9.73 Å². The van der Waals surface area contributed by atoms with Crippen molar-refractivity contribution in [1.29, 1.82) is 0 Å². The highest BCUT2D eigenvalue weighted by Gasteiger charge is 2.37. The molecule has 0 bridgehead atoms. The van der Waals surface area contributed by atoms with Gasteiger partial charge >= 0.3 is 6.03 Å². The molecule has 3 rings (SSSR count). The SMILES string of the molecule is CSCCC1NC(=O)N(Cc2coc(-c3ccccc3)n2)C1=O. The Morgan fingerprint density at radius 1 is 1.30 bits per heavy atom. The summed E-state index contributed by atoms with van der Waals surface area (Å²) < 4.78 is 5.44. The molecule has 1 N–H and O–H groups in total. The third kappa shape index (κ3) is 3.39. The number of urea groups is 1. The second kappa shape index (κ2) is 6.87. The molecule has 2 heterocycles. The highest BCUT2D eigenvalue weighted by atomic mass is 32.2. The number of benzene rings is 1. The Labute approximate surface area is 138 Å². The molecule has 0 radical (unpaired) electrons. The van der Waals surface area contributed by atoms with Gasteiger partial charge in [-0.25, -0.2) is 9.78 Å². The van der Waals surface area contributed by atoms with Gasteiger partial charge in [-0.1, -0.05) is 18.2 Å². The summed E-state index contributed by atoms with van der Waals surface area (Å²) in [6.07, 6.45) is 4.09. The van der Waals surface area contributed by atoms with Gasteiger partial charge in [-0.2, -0.15) is 11.8 Å². The van der Waals surface area contributed by atoms with E-state index in [0.29, 0.717) is 18.0 Å². The van der Waals surface area contributed by atoms with E-state index in [4.69, 9.17) is 4.42 Å². The Morgan fingerprint density at radius 3 is 2.83 bits per heavy atom. The van der Waals surface area contributed by atoms with E-state index in [0.717, 1.165) is 11.3 Å². The van der Waals surface area contributed by atoms with E-state index in [1.807, 2.05) is 36.6 Å². The first-order valence-electron chi connectivity index (χ1n) is 7.29. The lowest BCUT2D eigenvalue weighted by molar-refractivity contribution is -0.127. The van der Waals surface area contributed by atoms with E-state index < -0.39 is 6.04 Å². The number of carbonyl (C=O) groups excluding carboxylic acids is 2. The molecule has 1 aliphatic heterocycles. The molecule has 0 saturated carbocycles. The van der Waals surface area contributed by atoms with Crippen molar-refractivity contribution in [1.82, 2.24) is 15.2 Å². The van der Waals surface area contributed by atoms with Crippen LogP contribution in [0.5, 0.6) is 0 Å². The summed E-state index contributed by atoms with van der Waals surface area (Å²) in [4.78, 5) is 29.8. The van der Waals surface area contributed by atoms with Gasteiger partial charge in [0.1, 0.15) is 12.3 Å². The Morgan fingerprint density at radius 2 is 2.09 bits per heavy atom. The predicted molar refractivity (Wildman–Crippen MR) is 87.8 cm³/mol. The Bertz CT molecular complexity index is 702. The molecule has 3 amide bonds. The van der Waals surface area contributed by atoms with E-state index in [1.165, 1.54) is 11.2 Å². The fourth-order valence-corrected chi connectivity index (χ4v) is 2.88. The number of carbonyl (C=O) groups is 2. The van der Waals surface area contributed by atoms with Crippen LogP contribution in [-0.4, -0.2) is 39.9 Å². The number of oxazole rings is 1. The van der Waals surface area contributed by atoms with Gasteiger partial charge in [0, 0.05) is 5.56 Å². The van der Waals surface area contributed by atoms with Gasteiger partial charge in [0.15, 0.2) is 0 Å². The number of amides is 3. The van der Waals surface area contributed by atoms with Crippen LogP contribution in [0.2, 0.25) is 0 Å². The lowest BCUT2D eigenvalue weighted by Crippen LogP contribution is -2.31. The number of imide groups is 1. The van der Waals surface area contributed by atoms with Gasteiger partial charge in [0.2, 0.25) is 5.89 Å². The second-order valence-electron chi connectivity index (χ2n) is 5.22. The zero-order valence-corrected chi connectivity index (χ0v) is 13.5. The van der Waals surface area contributed by atoms with Crippen LogP contribution >= 0.6 is 11.8 Å². The van der Waals surface area contributed by atoms with Crippen LogP contribution in [0.3, 0.4) is 0 Å². The van der Waals surface area contributed by atoms with Crippen molar-refractivity contribution in [2.45, 2.75) is 19.0 Å². The van der Waals surface area contributed by atoms with Crippen LogP contribution in [0.1, 0.15) is 12.1 Å². The summed E-state index contributed by atoms with van der Waals surface area (Å²) in [6, 6.07) is 8.68. The van der Waals surface area contributed by atoms with E-state index in [2.05, 4.69) is 10.3 Å². The van der Waals surface area contributed by atoms with E-state index in [1.54, 1.807) is 11.8 Å². The minimum atomic E-state index is -0.435. The summed E-state index contributed by atoms with van der Waals surface area (Å²) in [6.45, 7) is 0.122. The third-order valence-corrected chi connectivity index (χ3v) is 4.25. The van der Waals surface area contributed by atoms with E-state index in [-0.39, 0.29) is 18.5 Å². The van der Waals surface area contributed by atoms with Gasteiger partial charge in [-0.3, -0.25) is 9.69 Å².